The number of unbranched alkanes of at least 4 members (excludes halogenated alkanes) is 1. The number of methoxy groups -OCH3 is 1. The van der Waals surface area contributed by atoms with Gasteiger partial charge in [0, 0.05) is 39.4 Å². The van der Waals surface area contributed by atoms with Crippen molar-refractivity contribution >= 4 is 6.03 Å². The fourth-order valence-electron chi connectivity index (χ4n) is 6.26. The predicted octanol–water partition coefficient (Wildman–Crippen LogP) is 6.01. The molecule has 2 aliphatic rings. The SMILES string of the molecule is CNCC(CC1CCCCC1)NC(=O)N1CCCC(C(CCCCOC)c2cc(C)ccc2F)C1. The molecule has 1 aliphatic carbocycles. The predicted molar refractivity (Wildman–Crippen MR) is 141 cm³/mol. The number of aryl methyl sites for hydroxylation is 1. The molecule has 2 fully saturated rings. The number of hydrogen-bond donors (Lipinski definition) is 2. The first kappa shape index (κ1) is 27.9. The molecule has 2 amide bonds. The second-order valence-electron chi connectivity index (χ2n) is 10.9. The third-order valence-corrected chi connectivity index (χ3v) is 8.10. The highest BCUT2D eigenvalue weighted by atomic mass is 19.1. The van der Waals surface area contributed by atoms with Crippen molar-refractivity contribution < 1.29 is 13.9 Å². The molecule has 198 valence electrons. The first-order chi connectivity index (χ1) is 17.0. The van der Waals surface area contributed by atoms with Crippen molar-refractivity contribution in [2.75, 3.05) is 40.4 Å². The summed E-state index contributed by atoms with van der Waals surface area (Å²) in [6.07, 6.45) is 12.5. The summed E-state index contributed by atoms with van der Waals surface area (Å²) in [4.78, 5) is 15.3. The van der Waals surface area contributed by atoms with Crippen LogP contribution in [0, 0.1) is 24.6 Å². The molecule has 3 atom stereocenters. The Labute approximate surface area is 212 Å². The van der Waals surface area contributed by atoms with Gasteiger partial charge in [-0.3, -0.25) is 0 Å². The van der Waals surface area contributed by atoms with Crippen LogP contribution in [0.4, 0.5) is 9.18 Å². The van der Waals surface area contributed by atoms with E-state index in [0.717, 1.165) is 75.3 Å². The molecule has 1 saturated carbocycles. The number of carbonyl (C=O) groups is 1. The molecule has 3 unspecified atom stereocenters. The highest BCUT2D eigenvalue weighted by Gasteiger charge is 2.32. The number of benzene rings is 1. The number of piperidine rings is 1. The van der Waals surface area contributed by atoms with Crippen LogP contribution in [0.2, 0.25) is 0 Å². The molecule has 2 N–H and O–H groups in total. The van der Waals surface area contributed by atoms with Crippen LogP contribution in [0.3, 0.4) is 0 Å². The molecule has 1 aliphatic heterocycles. The minimum Gasteiger partial charge on any atom is -0.385 e. The fraction of sp³-hybridized carbons (Fsp3) is 0.759. The topological polar surface area (TPSA) is 53.6 Å². The normalized spacial score (nSPS) is 21.0. The molecule has 35 heavy (non-hydrogen) atoms. The summed E-state index contributed by atoms with van der Waals surface area (Å²) in [7, 11) is 3.69. The maximum absolute atomic E-state index is 15.0. The molecular formula is C29H48FN3O2. The number of nitrogens with one attached hydrogen (secondary N) is 2. The van der Waals surface area contributed by atoms with Crippen molar-refractivity contribution in [2.45, 2.75) is 89.5 Å². The highest BCUT2D eigenvalue weighted by Crippen LogP contribution is 2.37. The lowest BCUT2D eigenvalue weighted by atomic mass is 9.77. The second kappa shape index (κ2) is 14.8. The van der Waals surface area contributed by atoms with Gasteiger partial charge in [0.1, 0.15) is 5.82 Å². The molecule has 1 saturated heterocycles. The summed E-state index contributed by atoms with van der Waals surface area (Å²) in [5.74, 6) is 1.000. The largest absolute Gasteiger partial charge is 0.385 e. The van der Waals surface area contributed by atoms with E-state index in [2.05, 4.69) is 10.6 Å². The highest BCUT2D eigenvalue weighted by molar-refractivity contribution is 5.74. The van der Waals surface area contributed by atoms with Crippen molar-refractivity contribution in [1.82, 2.24) is 15.5 Å². The zero-order valence-electron chi connectivity index (χ0n) is 22.3. The Morgan fingerprint density at radius 2 is 1.97 bits per heavy atom. The average Bonchev–Trinajstić information content (AvgIpc) is 2.86. The molecule has 0 radical (unpaired) electrons. The number of likely N-dealkylation sites (tertiary alicyclic amines) is 1. The van der Waals surface area contributed by atoms with Crippen molar-refractivity contribution in [2.24, 2.45) is 11.8 Å². The zero-order valence-corrected chi connectivity index (χ0v) is 22.3. The van der Waals surface area contributed by atoms with Crippen LogP contribution in [0.5, 0.6) is 0 Å². The van der Waals surface area contributed by atoms with Gasteiger partial charge in [0.25, 0.3) is 0 Å². The number of likely N-dealkylation sites (N-methyl/N-ethyl adjacent to an activating group) is 1. The van der Waals surface area contributed by atoms with Gasteiger partial charge < -0.3 is 20.3 Å². The molecular weight excluding hydrogens is 441 g/mol. The Balaban J connectivity index is 1.66. The molecule has 6 heteroatoms. The zero-order chi connectivity index (χ0) is 25.0. The van der Waals surface area contributed by atoms with Crippen LogP contribution in [-0.4, -0.2) is 57.4 Å². The molecule has 0 aromatic heterocycles. The van der Waals surface area contributed by atoms with E-state index in [0.29, 0.717) is 6.54 Å². The minimum atomic E-state index is -0.115. The lowest BCUT2D eigenvalue weighted by Crippen LogP contribution is -2.51. The quantitative estimate of drug-likeness (QED) is 0.353. The number of ether oxygens (including phenoxy) is 1. The molecule has 3 rings (SSSR count). The summed E-state index contributed by atoms with van der Waals surface area (Å²) in [5.41, 5.74) is 1.91. The van der Waals surface area contributed by atoms with Crippen LogP contribution in [-0.2, 0) is 4.74 Å². The third kappa shape index (κ3) is 8.75. The van der Waals surface area contributed by atoms with Crippen molar-refractivity contribution in [3.05, 3.63) is 35.1 Å². The van der Waals surface area contributed by atoms with E-state index in [4.69, 9.17) is 4.74 Å². The van der Waals surface area contributed by atoms with Crippen LogP contribution < -0.4 is 10.6 Å². The van der Waals surface area contributed by atoms with Gasteiger partial charge >= 0.3 is 6.03 Å². The number of halogens is 1. The first-order valence-corrected chi connectivity index (χ1v) is 14.0. The molecule has 1 aromatic carbocycles. The summed E-state index contributed by atoms with van der Waals surface area (Å²) in [6.45, 7) is 5.04. The van der Waals surface area contributed by atoms with Gasteiger partial charge in [-0.15, -0.1) is 0 Å². The van der Waals surface area contributed by atoms with Crippen LogP contribution in [0.25, 0.3) is 0 Å². The Morgan fingerprint density at radius 1 is 1.17 bits per heavy atom. The smallest absolute Gasteiger partial charge is 0.317 e. The second-order valence-corrected chi connectivity index (χ2v) is 10.9. The Hall–Kier alpha value is -1.66. The number of hydrogen-bond acceptors (Lipinski definition) is 3. The number of carbonyl (C=O) groups excluding carboxylic acids is 1. The summed E-state index contributed by atoms with van der Waals surface area (Å²) in [5, 5.41) is 6.62. The van der Waals surface area contributed by atoms with Crippen LogP contribution in [0.1, 0.15) is 87.7 Å². The maximum Gasteiger partial charge on any atom is 0.317 e. The van der Waals surface area contributed by atoms with E-state index in [1.165, 1.54) is 32.1 Å². The Morgan fingerprint density at radius 3 is 2.71 bits per heavy atom. The number of amides is 2. The fourth-order valence-corrected chi connectivity index (χ4v) is 6.26. The molecule has 5 nitrogen and oxygen atoms in total. The average molecular weight is 490 g/mol. The molecule has 0 spiro atoms. The van der Waals surface area contributed by atoms with Gasteiger partial charge in [-0.2, -0.15) is 0 Å². The summed E-state index contributed by atoms with van der Waals surface area (Å²) >= 11 is 0. The van der Waals surface area contributed by atoms with Crippen molar-refractivity contribution in [1.29, 1.82) is 0 Å². The van der Waals surface area contributed by atoms with E-state index >= 15 is 0 Å². The van der Waals surface area contributed by atoms with Gasteiger partial charge in [-0.05, 0) is 75.5 Å². The van der Waals surface area contributed by atoms with Crippen LogP contribution in [0.15, 0.2) is 18.2 Å². The lowest BCUT2D eigenvalue weighted by molar-refractivity contribution is 0.146. The van der Waals surface area contributed by atoms with Gasteiger partial charge in [-0.25, -0.2) is 9.18 Å². The van der Waals surface area contributed by atoms with Gasteiger partial charge in [-0.1, -0.05) is 56.2 Å². The first-order valence-electron chi connectivity index (χ1n) is 14.0. The van der Waals surface area contributed by atoms with E-state index in [9.17, 15) is 9.18 Å². The summed E-state index contributed by atoms with van der Waals surface area (Å²) in [6, 6.07) is 5.68. The minimum absolute atomic E-state index is 0.0496. The van der Waals surface area contributed by atoms with Crippen LogP contribution >= 0.6 is 0 Å². The molecule has 1 heterocycles. The van der Waals surface area contributed by atoms with Gasteiger partial charge in [0.05, 0.1) is 0 Å². The lowest BCUT2D eigenvalue weighted by Gasteiger charge is -2.38. The number of nitrogens with zero attached hydrogens (tertiary/aromatic N) is 1. The summed E-state index contributed by atoms with van der Waals surface area (Å²) < 4.78 is 20.2. The van der Waals surface area contributed by atoms with Gasteiger partial charge in [0.15, 0.2) is 0 Å². The van der Waals surface area contributed by atoms with Crippen molar-refractivity contribution in [3.8, 4) is 0 Å². The molecule has 0 bridgehead atoms. The standard InChI is InChI=1S/C29H48FN3O2/c1-22-14-15-28(30)27(18-22)26(13-7-8-17-35-3)24-12-9-16-33(21-24)29(34)32-25(20-31-2)19-23-10-5-4-6-11-23/h14-15,18,23-26,31H,4-13,16-17,19-21H2,1-3H3,(H,32,34). The van der Waals surface area contributed by atoms with E-state index in [1.54, 1.807) is 13.2 Å². The third-order valence-electron chi connectivity index (χ3n) is 8.10. The van der Waals surface area contributed by atoms with E-state index in [1.807, 2.05) is 31.0 Å². The number of rotatable bonds is 12. The van der Waals surface area contributed by atoms with E-state index in [-0.39, 0.29) is 29.7 Å². The van der Waals surface area contributed by atoms with Crippen molar-refractivity contribution in [3.63, 3.8) is 0 Å². The maximum atomic E-state index is 15.0. The van der Waals surface area contributed by atoms with E-state index < -0.39 is 0 Å². The monoisotopic (exact) mass is 489 g/mol. The van der Waals surface area contributed by atoms with Gasteiger partial charge in [0.2, 0.25) is 0 Å². The Bertz CT molecular complexity index is 768. The Kier molecular flexibility index (Phi) is 11.8. The number of urea groups is 1. The molecule has 1 aromatic rings.